The summed E-state index contributed by atoms with van der Waals surface area (Å²) in [6, 6.07) is 2.07. The van der Waals surface area contributed by atoms with Crippen LogP contribution in [0.4, 0.5) is 0 Å². The first-order valence-electron chi connectivity index (χ1n) is 5.28. The van der Waals surface area contributed by atoms with E-state index in [9.17, 15) is 9.59 Å². The lowest BCUT2D eigenvalue weighted by molar-refractivity contribution is 0.0674. The zero-order valence-electron chi connectivity index (χ0n) is 11.1. The van der Waals surface area contributed by atoms with Crippen LogP contribution in [-0.4, -0.2) is 35.4 Å². The predicted octanol–water partition coefficient (Wildman–Crippen LogP) is 1.95. The molecule has 0 aliphatic rings. The molecule has 6 nitrogen and oxygen atoms in total. The molecule has 0 spiro atoms. The highest BCUT2D eigenvalue weighted by Gasteiger charge is 2.20. The maximum atomic E-state index is 11.1. The summed E-state index contributed by atoms with van der Waals surface area (Å²) in [5.41, 5.74) is -0.533. The normalized spacial score (nSPS) is 8.27. The number of ether oxygens (including phenoxy) is 2. The Morgan fingerprint density at radius 3 is 1.45 bits per heavy atom. The average molecular weight is 347 g/mol. The molecule has 0 atom stereocenters. The van der Waals surface area contributed by atoms with Crippen molar-refractivity contribution in [3.63, 3.8) is 0 Å². The Kier molecular flexibility index (Phi) is 10.1. The van der Waals surface area contributed by atoms with E-state index in [1.54, 1.807) is 0 Å². The third kappa shape index (κ3) is 5.45. The number of benzene rings is 1. The number of rotatable bonds is 6. The lowest BCUT2D eigenvalue weighted by Crippen LogP contribution is -2.09. The summed E-state index contributed by atoms with van der Waals surface area (Å²) in [4.78, 5) is 22.2. The van der Waals surface area contributed by atoms with Gasteiger partial charge in [0.05, 0.1) is 0 Å². The van der Waals surface area contributed by atoms with E-state index in [1.807, 2.05) is 0 Å². The van der Waals surface area contributed by atoms with Gasteiger partial charge in [0, 0.05) is 0 Å². The third-order valence-electron chi connectivity index (χ3n) is 2.16. The van der Waals surface area contributed by atoms with Gasteiger partial charge in [-0.2, -0.15) is 0 Å². The third-order valence-corrected chi connectivity index (χ3v) is 2.16. The van der Waals surface area contributed by atoms with Gasteiger partial charge in [0.15, 0.2) is 0 Å². The molecule has 1 rings (SSSR count). The van der Waals surface area contributed by atoms with Crippen LogP contribution >= 0.6 is 24.8 Å². The van der Waals surface area contributed by atoms with E-state index in [0.29, 0.717) is 0 Å². The molecule has 2 N–H and O–H groups in total. The van der Waals surface area contributed by atoms with Crippen molar-refractivity contribution in [2.24, 2.45) is 0 Å². The van der Waals surface area contributed by atoms with E-state index >= 15 is 0 Å². The Hall–Kier alpha value is -2.54. The number of carbonyl (C=O) groups is 2. The van der Waals surface area contributed by atoms with Crippen molar-refractivity contribution in [2.75, 3.05) is 13.2 Å². The summed E-state index contributed by atoms with van der Waals surface area (Å²) in [6.45, 7) is -0.381. The first-order valence-corrected chi connectivity index (χ1v) is 5.28. The summed E-state index contributed by atoms with van der Waals surface area (Å²) in [7, 11) is 0. The second kappa shape index (κ2) is 10.2. The van der Waals surface area contributed by atoms with Crippen LogP contribution in [0.2, 0.25) is 0 Å². The van der Waals surface area contributed by atoms with Crippen LogP contribution in [0.1, 0.15) is 20.7 Å². The molecule has 0 radical (unpaired) electrons. The minimum absolute atomic E-state index is 0. The standard InChI is InChI=1S/C14H10O6.2ClH/c1-3-5-19-11-7-10(14(17)18)12(20-6-4-2)8-9(11)13(15)16;;/h1-2,7-8H,5-6H2,(H,15,16)(H,17,18);2*1H. The largest absolute Gasteiger partial charge is 0.480 e. The van der Waals surface area contributed by atoms with Gasteiger partial charge in [0.2, 0.25) is 0 Å². The molecule has 0 saturated carbocycles. The number of carboxylic acids is 2. The van der Waals surface area contributed by atoms with Gasteiger partial charge in [-0.25, -0.2) is 9.59 Å². The van der Waals surface area contributed by atoms with Crippen molar-refractivity contribution in [3.8, 4) is 36.2 Å². The lowest BCUT2D eigenvalue weighted by atomic mass is 10.1. The molecule has 0 fully saturated rings. The fraction of sp³-hybridized carbons (Fsp3) is 0.143. The van der Waals surface area contributed by atoms with Gasteiger partial charge in [-0.1, -0.05) is 11.8 Å². The first-order chi connectivity index (χ1) is 9.51. The number of hydrogen-bond acceptors (Lipinski definition) is 4. The van der Waals surface area contributed by atoms with Crippen molar-refractivity contribution in [2.45, 2.75) is 0 Å². The summed E-state index contributed by atoms with van der Waals surface area (Å²) in [5.74, 6) is 1.40. The molecular weight excluding hydrogens is 335 g/mol. The summed E-state index contributed by atoms with van der Waals surface area (Å²) >= 11 is 0. The Balaban J connectivity index is 0. The first kappa shape index (κ1) is 21.8. The van der Waals surface area contributed by atoms with Crippen molar-refractivity contribution >= 4 is 36.8 Å². The second-order valence-corrected chi connectivity index (χ2v) is 3.44. The minimum atomic E-state index is -1.31. The molecule has 22 heavy (non-hydrogen) atoms. The summed E-state index contributed by atoms with van der Waals surface area (Å²) in [5, 5.41) is 18.1. The highest BCUT2D eigenvalue weighted by Crippen LogP contribution is 2.29. The maximum Gasteiger partial charge on any atom is 0.339 e. The second-order valence-electron chi connectivity index (χ2n) is 3.44. The van der Waals surface area contributed by atoms with Gasteiger partial charge in [-0.15, -0.1) is 37.7 Å². The molecule has 0 unspecified atom stereocenters. The lowest BCUT2D eigenvalue weighted by Gasteiger charge is -2.12. The van der Waals surface area contributed by atoms with Crippen LogP contribution in [0.15, 0.2) is 12.1 Å². The number of aromatic carboxylic acids is 2. The smallest absolute Gasteiger partial charge is 0.339 e. The molecular formula is C14H12Cl2O6. The topological polar surface area (TPSA) is 93.1 Å². The Labute approximate surface area is 139 Å². The molecule has 1 aromatic carbocycles. The molecule has 0 bridgehead atoms. The van der Waals surface area contributed by atoms with E-state index in [-0.39, 0.29) is 60.7 Å². The van der Waals surface area contributed by atoms with Gasteiger partial charge in [-0.3, -0.25) is 0 Å². The molecule has 0 saturated heterocycles. The van der Waals surface area contributed by atoms with Crippen LogP contribution in [-0.2, 0) is 0 Å². The van der Waals surface area contributed by atoms with Crippen molar-refractivity contribution in [3.05, 3.63) is 23.3 Å². The van der Waals surface area contributed by atoms with E-state index in [2.05, 4.69) is 11.8 Å². The molecule has 8 heteroatoms. The molecule has 0 heterocycles. The molecule has 1 aromatic rings. The van der Waals surface area contributed by atoms with E-state index in [1.165, 1.54) is 0 Å². The summed E-state index contributed by atoms with van der Waals surface area (Å²) in [6.07, 6.45) is 10.0. The van der Waals surface area contributed by atoms with Crippen LogP contribution in [0.25, 0.3) is 0 Å². The minimum Gasteiger partial charge on any atom is -0.480 e. The van der Waals surface area contributed by atoms with E-state index in [4.69, 9.17) is 32.5 Å². The molecule has 0 aromatic heterocycles. The SMILES string of the molecule is C#CCOc1cc(C(=O)O)c(OCC#C)cc1C(=O)O.Cl.Cl. The quantitative estimate of drug-likeness (QED) is 0.764. The highest BCUT2D eigenvalue weighted by atomic mass is 35.5. The van der Waals surface area contributed by atoms with Gasteiger partial charge in [0.25, 0.3) is 0 Å². The van der Waals surface area contributed by atoms with E-state index < -0.39 is 11.9 Å². The molecule has 118 valence electrons. The van der Waals surface area contributed by atoms with Crippen LogP contribution in [0.3, 0.4) is 0 Å². The fourth-order valence-electron chi connectivity index (χ4n) is 1.37. The van der Waals surface area contributed by atoms with Crippen molar-refractivity contribution in [1.82, 2.24) is 0 Å². The van der Waals surface area contributed by atoms with Crippen molar-refractivity contribution in [1.29, 1.82) is 0 Å². The van der Waals surface area contributed by atoms with Gasteiger partial charge in [-0.05, 0) is 12.1 Å². The number of carboxylic acid groups (broad SMARTS) is 2. The highest BCUT2D eigenvalue weighted by molar-refractivity contribution is 5.97. The Morgan fingerprint density at radius 1 is 0.909 bits per heavy atom. The zero-order valence-corrected chi connectivity index (χ0v) is 12.7. The van der Waals surface area contributed by atoms with Crippen LogP contribution < -0.4 is 9.47 Å². The zero-order chi connectivity index (χ0) is 15.1. The monoisotopic (exact) mass is 346 g/mol. The Bertz CT molecular complexity index is 572. The average Bonchev–Trinajstić information content (AvgIpc) is 2.42. The maximum absolute atomic E-state index is 11.1. The van der Waals surface area contributed by atoms with Gasteiger partial charge < -0.3 is 19.7 Å². The molecule has 0 aliphatic carbocycles. The number of halogens is 2. The fourth-order valence-corrected chi connectivity index (χ4v) is 1.37. The number of hydrogen-bond donors (Lipinski definition) is 2. The van der Waals surface area contributed by atoms with Gasteiger partial charge in [0.1, 0.15) is 35.8 Å². The predicted molar refractivity (Wildman–Crippen MR) is 83.5 cm³/mol. The van der Waals surface area contributed by atoms with Gasteiger partial charge >= 0.3 is 11.9 Å². The number of terminal acetylenes is 2. The van der Waals surface area contributed by atoms with E-state index in [0.717, 1.165) is 12.1 Å². The van der Waals surface area contributed by atoms with Crippen LogP contribution in [0, 0.1) is 24.7 Å². The van der Waals surface area contributed by atoms with Crippen LogP contribution in [0.5, 0.6) is 11.5 Å². The molecule has 0 aliphatic heterocycles. The summed E-state index contributed by atoms with van der Waals surface area (Å²) < 4.78 is 10.0. The molecule has 0 amide bonds. The van der Waals surface area contributed by atoms with Crippen molar-refractivity contribution < 1.29 is 29.3 Å². The Morgan fingerprint density at radius 2 is 1.23 bits per heavy atom.